The molecule has 0 aliphatic rings. The molecule has 1 N–H and O–H groups in total. The fraction of sp³-hybridized carbons (Fsp3) is 0.320. The second-order valence-electron chi connectivity index (χ2n) is 7.90. The molecule has 6 nitrogen and oxygen atoms in total. The monoisotopic (exact) mass is 454 g/mol. The number of hydrogen-bond acceptors (Lipinski definition) is 5. The molecule has 3 rings (SSSR count). The molecule has 0 aliphatic carbocycles. The number of amides is 1. The van der Waals surface area contributed by atoms with Crippen molar-refractivity contribution in [2.24, 2.45) is 0 Å². The standard InChI is InChI=1S/C25H27ClN2O4/c1-16(2)31-25(30)14-21(18-6-4-17(3)5-7-18)28-23(29)12-13-24-27-15-22(32-24)19-8-10-20(26)11-9-19/h4-11,15-16,21H,12-14H2,1-3H3,(H,28,29). The van der Waals surface area contributed by atoms with Crippen molar-refractivity contribution in [1.82, 2.24) is 10.3 Å². The third-order valence-electron chi connectivity index (χ3n) is 4.80. The largest absolute Gasteiger partial charge is 0.463 e. The van der Waals surface area contributed by atoms with Gasteiger partial charge in [-0.05, 0) is 50.6 Å². The van der Waals surface area contributed by atoms with E-state index in [9.17, 15) is 9.59 Å². The predicted octanol–water partition coefficient (Wildman–Crippen LogP) is 5.44. The molecule has 7 heteroatoms. The molecule has 3 aromatic rings. The Balaban J connectivity index is 1.61. The Kier molecular flexibility index (Phi) is 8.06. The molecule has 1 heterocycles. The number of nitrogens with one attached hydrogen (secondary N) is 1. The van der Waals surface area contributed by atoms with Gasteiger partial charge in [-0.15, -0.1) is 0 Å². The summed E-state index contributed by atoms with van der Waals surface area (Å²) in [5, 5.41) is 3.59. The molecule has 0 saturated carbocycles. The van der Waals surface area contributed by atoms with E-state index >= 15 is 0 Å². The van der Waals surface area contributed by atoms with Crippen molar-refractivity contribution in [3.8, 4) is 11.3 Å². The number of hydrogen-bond donors (Lipinski definition) is 1. The molecule has 0 bridgehead atoms. The zero-order valence-electron chi connectivity index (χ0n) is 18.4. The second kappa shape index (κ2) is 11.0. The molecule has 0 spiro atoms. The summed E-state index contributed by atoms with van der Waals surface area (Å²) in [7, 11) is 0. The van der Waals surface area contributed by atoms with Crippen molar-refractivity contribution < 1.29 is 18.7 Å². The quantitative estimate of drug-likeness (QED) is 0.435. The molecule has 2 aromatic carbocycles. The molecule has 0 aliphatic heterocycles. The molecular formula is C25H27ClN2O4. The van der Waals surface area contributed by atoms with Gasteiger partial charge in [-0.2, -0.15) is 0 Å². The summed E-state index contributed by atoms with van der Waals surface area (Å²) in [5.41, 5.74) is 2.82. The van der Waals surface area contributed by atoms with Crippen LogP contribution in [0.15, 0.2) is 59.1 Å². The Labute approximate surface area is 192 Å². The number of carbonyl (C=O) groups excluding carboxylic acids is 2. The molecule has 1 aromatic heterocycles. The molecule has 32 heavy (non-hydrogen) atoms. The van der Waals surface area contributed by atoms with Crippen LogP contribution in [0.1, 0.15) is 49.7 Å². The summed E-state index contributed by atoms with van der Waals surface area (Å²) < 4.78 is 11.0. The first-order valence-electron chi connectivity index (χ1n) is 10.6. The van der Waals surface area contributed by atoms with Gasteiger partial charge in [0.2, 0.25) is 5.91 Å². The third kappa shape index (κ3) is 6.95. The first kappa shape index (κ1) is 23.5. The van der Waals surface area contributed by atoms with E-state index in [-0.39, 0.29) is 30.8 Å². The van der Waals surface area contributed by atoms with Crippen LogP contribution in [0, 0.1) is 6.92 Å². The number of oxazole rings is 1. The van der Waals surface area contributed by atoms with Gasteiger partial charge in [0.05, 0.1) is 24.8 Å². The number of carbonyl (C=O) groups is 2. The normalized spacial score (nSPS) is 11.9. The Bertz CT molecular complexity index is 1040. The summed E-state index contributed by atoms with van der Waals surface area (Å²) in [6.45, 7) is 5.58. The lowest BCUT2D eigenvalue weighted by Gasteiger charge is -2.19. The highest BCUT2D eigenvalue weighted by molar-refractivity contribution is 6.30. The molecule has 1 atom stereocenters. The van der Waals surface area contributed by atoms with Crippen LogP contribution in [-0.4, -0.2) is 23.0 Å². The lowest BCUT2D eigenvalue weighted by molar-refractivity contribution is -0.148. The van der Waals surface area contributed by atoms with E-state index in [1.807, 2.05) is 43.3 Å². The van der Waals surface area contributed by atoms with Crippen LogP contribution in [0.3, 0.4) is 0 Å². The third-order valence-corrected chi connectivity index (χ3v) is 5.05. The van der Waals surface area contributed by atoms with Gasteiger partial charge in [0.1, 0.15) is 0 Å². The Morgan fingerprint density at radius 1 is 1.09 bits per heavy atom. The molecule has 1 amide bonds. The van der Waals surface area contributed by atoms with Crippen molar-refractivity contribution in [2.75, 3.05) is 0 Å². The van der Waals surface area contributed by atoms with Gasteiger partial charge in [0.15, 0.2) is 11.7 Å². The highest BCUT2D eigenvalue weighted by Crippen LogP contribution is 2.23. The number of benzene rings is 2. The van der Waals surface area contributed by atoms with Crippen LogP contribution in [0.4, 0.5) is 0 Å². The number of ether oxygens (including phenoxy) is 1. The van der Waals surface area contributed by atoms with Crippen LogP contribution >= 0.6 is 11.6 Å². The van der Waals surface area contributed by atoms with Gasteiger partial charge in [0, 0.05) is 23.4 Å². The van der Waals surface area contributed by atoms with E-state index in [4.69, 9.17) is 20.8 Å². The molecule has 1 unspecified atom stereocenters. The van der Waals surface area contributed by atoms with Gasteiger partial charge in [-0.25, -0.2) is 4.98 Å². The van der Waals surface area contributed by atoms with E-state index in [2.05, 4.69) is 10.3 Å². The highest BCUT2D eigenvalue weighted by atomic mass is 35.5. The molecule has 168 valence electrons. The van der Waals surface area contributed by atoms with E-state index in [1.54, 1.807) is 32.2 Å². The van der Waals surface area contributed by atoms with E-state index < -0.39 is 6.04 Å². The van der Waals surface area contributed by atoms with E-state index in [0.29, 0.717) is 23.1 Å². The molecular weight excluding hydrogens is 428 g/mol. The maximum atomic E-state index is 12.6. The van der Waals surface area contributed by atoms with Gasteiger partial charge in [-0.1, -0.05) is 41.4 Å². The van der Waals surface area contributed by atoms with Crippen molar-refractivity contribution in [3.05, 3.63) is 76.8 Å². The molecule has 0 fully saturated rings. The van der Waals surface area contributed by atoms with Gasteiger partial charge >= 0.3 is 5.97 Å². The molecule has 0 saturated heterocycles. The highest BCUT2D eigenvalue weighted by Gasteiger charge is 2.20. The average molecular weight is 455 g/mol. The van der Waals surface area contributed by atoms with Crippen LogP contribution in [0.2, 0.25) is 5.02 Å². The zero-order chi connectivity index (χ0) is 23.1. The SMILES string of the molecule is Cc1ccc(C(CC(=O)OC(C)C)NC(=O)CCc2ncc(-c3ccc(Cl)cc3)o2)cc1. The van der Waals surface area contributed by atoms with Crippen molar-refractivity contribution in [2.45, 2.75) is 52.2 Å². The van der Waals surface area contributed by atoms with Crippen LogP contribution in [0.5, 0.6) is 0 Å². The summed E-state index contributed by atoms with van der Waals surface area (Å²) in [6.07, 6.45) is 2.01. The minimum absolute atomic E-state index is 0.0622. The number of aryl methyl sites for hydroxylation is 2. The first-order valence-corrected chi connectivity index (χ1v) is 10.9. The number of rotatable bonds is 9. The van der Waals surface area contributed by atoms with Crippen LogP contribution < -0.4 is 5.32 Å². The number of aromatic nitrogens is 1. The smallest absolute Gasteiger partial charge is 0.308 e. The summed E-state index contributed by atoms with van der Waals surface area (Å²) in [6, 6.07) is 14.5. The minimum Gasteiger partial charge on any atom is -0.463 e. The summed E-state index contributed by atoms with van der Waals surface area (Å²) in [5.74, 6) is 0.535. The molecule has 0 radical (unpaired) electrons. The minimum atomic E-state index is -0.469. The van der Waals surface area contributed by atoms with E-state index in [1.165, 1.54) is 0 Å². The second-order valence-corrected chi connectivity index (χ2v) is 8.34. The average Bonchev–Trinajstić information content (AvgIpc) is 3.21. The van der Waals surface area contributed by atoms with Crippen molar-refractivity contribution in [3.63, 3.8) is 0 Å². The number of esters is 1. The Morgan fingerprint density at radius 2 is 1.78 bits per heavy atom. The summed E-state index contributed by atoms with van der Waals surface area (Å²) in [4.78, 5) is 29.1. The number of nitrogens with zero attached hydrogens (tertiary/aromatic N) is 1. The van der Waals surface area contributed by atoms with Gasteiger partial charge < -0.3 is 14.5 Å². The number of halogens is 1. The van der Waals surface area contributed by atoms with E-state index in [0.717, 1.165) is 16.7 Å². The zero-order valence-corrected chi connectivity index (χ0v) is 19.2. The van der Waals surface area contributed by atoms with Gasteiger partial charge in [-0.3, -0.25) is 9.59 Å². The van der Waals surface area contributed by atoms with Gasteiger partial charge in [0.25, 0.3) is 0 Å². The first-order chi connectivity index (χ1) is 15.3. The Morgan fingerprint density at radius 3 is 2.44 bits per heavy atom. The maximum Gasteiger partial charge on any atom is 0.308 e. The topological polar surface area (TPSA) is 81.4 Å². The van der Waals surface area contributed by atoms with Crippen molar-refractivity contribution >= 4 is 23.5 Å². The fourth-order valence-corrected chi connectivity index (χ4v) is 3.32. The maximum absolute atomic E-state index is 12.6. The lowest BCUT2D eigenvalue weighted by Crippen LogP contribution is -2.31. The fourth-order valence-electron chi connectivity index (χ4n) is 3.19. The Hall–Kier alpha value is -3.12. The van der Waals surface area contributed by atoms with Crippen LogP contribution in [0.25, 0.3) is 11.3 Å². The van der Waals surface area contributed by atoms with Crippen LogP contribution in [-0.2, 0) is 20.7 Å². The summed E-state index contributed by atoms with van der Waals surface area (Å²) >= 11 is 5.92. The predicted molar refractivity (Wildman–Crippen MR) is 123 cm³/mol. The lowest BCUT2D eigenvalue weighted by atomic mass is 10.0. The van der Waals surface area contributed by atoms with Crippen molar-refractivity contribution in [1.29, 1.82) is 0 Å².